The van der Waals surface area contributed by atoms with E-state index in [9.17, 15) is 8.42 Å². The van der Waals surface area contributed by atoms with Crippen molar-refractivity contribution >= 4 is 27.2 Å². The monoisotopic (exact) mass is 302 g/mol. The summed E-state index contributed by atoms with van der Waals surface area (Å²) in [6.45, 7) is 0.888. The molecule has 0 atom stereocenters. The van der Waals surface area contributed by atoms with Gasteiger partial charge in [0, 0.05) is 32.9 Å². The van der Waals surface area contributed by atoms with E-state index in [-0.39, 0.29) is 9.88 Å². The summed E-state index contributed by atoms with van der Waals surface area (Å²) in [5.74, 6) is 0. The number of benzene rings is 1. The van der Waals surface area contributed by atoms with E-state index in [1.165, 1.54) is 17.4 Å². The molecule has 1 aromatic carbocycles. The zero-order chi connectivity index (χ0) is 14.5. The smallest absolute Gasteiger partial charge is 0.243 e. The Morgan fingerprint density at radius 1 is 1.42 bits per heavy atom. The van der Waals surface area contributed by atoms with Gasteiger partial charge < -0.3 is 10.5 Å². The first kappa shape index (κ1) is 16.0. The fourth-order valence-electron chi connectivity index (χ4n) is 1.61. The molecule has 0 aliphatic carbocycles. The van der Waals surface area contributed by atoms with Crippen LogP contribution in [-0.2, 0) is 14.8 Å². The van der Waals surface area contributed by atoms with Gasteiger partial charge in [-0.1, -0.05) is 30.4 Å². The molecule has 0 bridgehead atoms. The maximum absolute atomic E-state index is 12.4. The summed E-state index contributed by atoms with van der Waals surface area (Å²) in [7, 11) is -0.476. The first-order chi connectivity index (χ1) is 8.91. The molecule has 0 saturated heterocycles. The molecular formula is C12H18N2O3S2. The molecule has 2 N–H and O–H groups in total. The lowest BCUT2D eigenvalue weighted by Crippen LogP contribution is -2.30. The van der Waals surface area contributed by atoms with Gasteiger partial charge in [-0.15, -0.1) is 0 Å². The highest BCUT2D eigenvalue weighted by molar-refractivity contribution is 7.89. The van der Waals surface area contributed by atoms with Gasteiger partial charge in [0.1, 0.15) is 4.99 Å². The molecule has 1 rings (SSSR count). The lowest BCUT2D eigenvalue weighted by Gasteiger charge is -2.18. The summed E-state index contributed by atoms with van der Waals surface area (Å²) < 4.78 is 31.0. The molecular weight excluding hydrogens is 284 g/mol. The number of hydrogen-bond acceptors (Lipinski definition) is 4. The van der Waals surface area contributed by atoms with Crippen molar-refractivity contribution in [2.75, 3.05) is 27.3 Å². The van der Waals surface area contributed by atoms with E-state index in [0.29, 0.717) is 25.1 Å². The lowest BCUT2D eigenvalue weighted by atomic mass is 10.2. The van der Waals surface area contributed by atoms with Crippen molar-refractivity contribution in [3.05, 3.63) is 29.8 Å². The topological polar surface area (TPSA) is 72.6 Å². The normalized spacial score (nSPS) is 11.7. The number of hydrogen-bond donors (Lipinski definition) is 1. The third-order valence-electron chi connectivity index (χ3n) is 2.66. The number of nitrogens with two attached hydrogens (primary N) is 1. The van der Waals surface area contributed by atoms with Crippen LogP contribution >= 0.6 is 12.2 Å². The Hall–Kier alpha value is -1.02. The largest absolute Gasteiger partial charge is 0.389 e. The molecule has 0 aromatic heterocycles. The summed E-state index contributed by atoms with van der Waals surface area (Å²) in [4.78, 5) is 0.215. The molecule has 0 fully saturated rings. The second-order valence-corrected chi connectivity index (χ2v) is 6.49. The minimum Gasteiger partial charge on any atom is -0.389 e. The number of ether oxygens (including phenoxy) is 1. The molecule has 0 aliphatic heterocycles. The minimum absolute atomic E-state index is 0.0736. The van der Waals surface area contributed by atoms with E-state index in [2.05, 4.69) is 0 Å². The fraction of sp³-hybridized carbons (Fsp3) is 0.417. The number of methoxy groups -OCH3 is 1. The lowest BCUT2D eigenvalue weighted by molar-refractivity contribution is 0.189. The summed E-state index contributed by atoms with van der Waals surface area (Å²) in [6.07, 6.45) is 0.626. The van der Waals surface area contributed by atoms with E-state index < -0.39 is 10.0 Å². The Morgan fingerprint density at radius 2 is 2.05 bits per heavy atom. The first-order valence-corrected chi connectivity index (χ1v) is 7.60. The van der Waals surface area contributed by atoms with Gasteiger partial charge >= 0.3 is 0 Å². The standard InChI is InChI=1S/C12H18N2O3S2/c1-14(8-5-9-17-2)19(15,16)11-7-4-3-6-10(11)12(13)18/h3-4,6-7H,5,8-9H2,1-2H3,(H2,13,18). The average molecular weight is 302 g/mol. The molecule has 19 heavy (non-hydrogen) atoms. The first-order valence-electron chi connectivity index (χ1n) is 5.75. The summed E-state index contributed by atoms with van der Waals surface area (Å²) in [6, 6.07) is 6.48. The van der Waals surface area contributed by atoms with Crippen LogP contribution in [0.5, 0.6) is 0 Å². The molecule has 1 aromatic rings. The van der Waals surface area contributed by atoms with Crippen LogP contribution in [0.4, 0.5) is 0 Å². The van der Waals surface area contributed by atoms with Crippen LogP contribution < -0.4 is 5.73 Å². The molecule has 5 nitrogen and oxygen atoms in total. The van der Waals surface area contributed by atoms with E-state index >= 15 is 0 Å². The molecule has 106 valence electrons. The third kappa shape index (κ3) is 3.97. The van der Waals surface area contributed by atoms with Crippen molar-refractivity contribution in [1.29, 1.82) is 0 Å². The zero-order valence-corrected chi connectivity index (χ0v) is 12.6. The van der Waals surface area contributed by atoms with Gasteiger partial charge in [-0.05, 0) is 12.5 Å². The quantitative estimate of drug-likeness (QED) is 0.600. The van der Waals surface area contributed by atoms with E-state index in [1.54, 1.807) is 25.3 Å². The van der Waals surface area contributed by atoms with Gasteiger partial charge in [-0.25, -0.2) is 12.7 Å². The number of sulfonamides is 1. The van der Waals surface area contributed by atoms with E-state index in [0.717, 1.165) is 0 Å². The van der Waals surface area contributed by atoms with Crippen LogP contribution in [0.25, 0.3) is 0 Å². The molecule has 0 saturated carbocycles. The Bertz CT molecular complexity index is 544. The fourth-order valence-corrected chi connectivity index (χ4v) is 3.27. The summed E-state index contributed by atoms with van der Waals surface area (Å²) >= 11 is 4.89. The van der Waals surface area contributed by atoms with Gasteiger partial charge in [0.15, 0.2) is 0 Å². The Morgan fingerprint density at radius 3 is 2.63 bits per heavy atom. The maximum Gasteiger partial charge on any atom is 0.243 e. The van der Waals surface area contributed by atoms with Crippen molar-refractivity contribution < 1.29 is 13.2 Å². The maximum atomic E-state index is 12.4. The molecule has 7 heteroatoms. The Kier molecular flexibility index (Phi) is 5.86. The van der Waals surface area contributed by atoms with E-state index in [1.807, 2.05) is 0 Å². The van der Waals surface area contributed by atoms with Crippen LogP contribution in [0.1, 0.15) is 12.0 Å². The number of nitrogens with zero attached hydrogens (tertiary/aromatic N) is 1. The third-order valence-corrected chi connectivity index (χ3v) is 4.80. The van der Waals surface area contributed by atoms with Gasteiger partial charge in [-0.2, -0.15) is 0 Å². The predicted molar refractivity (Wildman–Crippen MR) is 78.6 cm³/mol. The average Bonchev–Trinajstić information content (AvgIpc) is 2.38. The molecule has 0 radical (unpaired) electrons. The van der Waals surface area contributed by atoms with Crippen LogP contribution in [0.2, 0.25) is 0 Å². The summed E-state index contributed by atoms with van der Waals surface area (Å²) in [5, 5.41) is 0. The van der Waals surface area contributed by atoms with Crippen molar-refractivity contribution in [1.82, 2.24) is 4.31 Å². The van der Waals surface area contributed by atoms with Gasteiger partial charge in [0.2, 0.25) is 10.0 Å². The number of thiocarbonyl (C=S) groups is 1. The van der Waals surface area contributed by atoms with Crippen molar-refractivity contribution in [3.63, 3.8) is 0 Å². The SMILES string of the molecule is COCCCN(C)S(=O)(=O)c1ccccc1C(N)=S. The van der Waals surface area contributed by atoms with Crippen molar-refractivity contribution in [2.24, 2.45) is 5.73 Å². The highest BCUT2D eigenvalue weighted by Gasteiger charge is 2.23. The van der Waals surface area contributed by atoms with Crippen molar-refractivity contribution in [3.8, 4) is 0 Å². The molecule has 0 spiro atoms. The molecule has 0 unspecified atom stereocenters. The molecule has 0 aliphatic rings. The highest BCUT2D eigenvalue weighted by Crippen LogP contribution is 2.19. The second-order valence-electron chi connectivity index (χ2n) is 4.03. The van der Waals surface area contributed by atoms with Gasteiger partial charge in [-0.3, -0.25) is 0 Å². The Labute approximate surface area is 119 Å². The summed E-state index contributed by atoms with van der Waals surface area (Å²) in [5.41, 5.74) is 5.93. The van der Waals surface area contributed by atoms with Crippen LogP contribution in [0.3, 0.4) is 0 Å². The number of rotatable bonds is 7. The second kappa shape index (κ2) is 6.95. The zero-order valence-electron chi connectivity index (χ0n) is 11.0. The predicted octanol–water partition coefficient (Wildman–Crippen LogP) is 0.978. The van der Waals surface area contributed by atoms with Crippen LogP contribution in [0.15, 0.2) is 29.2 Å². The minimum atomic E-state index is -3.58. The highest BCUT2D eigenvalue weighted by atomic mass is 32.2. The molecule has 0 amide bonds. The Balaban J connectivity index is 3.03. The molecule has 0 heterocycles. The van der Waals surface area contributed by atoms with Crippen LogP contribution in [0, 0.1) is 0 Å². The van der Waals surface area contributed by atoms with Gasteiger partial charge in [0.05, 0.1) is 4.90 Å². The van der Waals surface area contributed by atoms with Gasteiger partial charge in [0.25, 0.3) is 0 Å². The van der Waals surface area contributed by atoms with Crippen LogP contribution in [-0.4, -0.2) is 45.0 Å². The van der Waals surface area contributed by atoms with E-state index in [4.69, 9.17) is 22.7 Å². The van der Waals surface area contributed by atoms with Crippen molar-refractivity contribution in [2.45, 2.75) is 11.3 Å².